The highest BCUT2D eigenvalue weighted by molar-refractivity contribution is 6.17. The van der Waals surface area contributed by atoms with Gasteiger partial charge in [-0.25, -0.2) is 4.39 Å². The smallest absolute Gasteiger partial charge is 0.128 e. The van der Waals surface area contributed by atoms with Gasteiger partial charge in [-0.05, 0) is 43.2 Å². The Bertz CT molecular complexity index is 597. The lowest BCUT2D eigenvalue weighted by atomic mass is 10.0. The molecule has 0 amide bonds. The Morgan fingerprint density at radius 3 is 2.50 bits per heavy atom. The molecular weight excluding hydrogens is 273 g/mol. The first-order chi connectivity index (χ1) is 9.54. The van der Waals surface area contributed by atoms with Crippen molar-refractivity contribution < 1.29 is 4.39 Å². The van der Waals surface area contributed by atoms with E-state index in [1.165, 1.54) is 6.07 Å². The third-order valence-corrected chi connectivity index (χ3v) is 4.10. The first-order valence-corrected chi connectivity index (χ1v) is 7.20. The minimum atomic E-state index is -0.166. The molecule has 0 saturated heterocycles. The van der Waals surface area contributed by atoms with Gasteiger partial charge in [-0.2, -0.15) is 0 Å². The molecular formula is C17H19ClFN. The third-order valence-electron chi connectivity index (χ3n) is 3.81. The monoisotopic (exact) mass is 291 g/mol. The van der Waals surface area contributed by atoms with E-state index in [9.17, 15) is 4.39 Å². The van der Waals surface area contributed by atoms with Crippen molar-refractivity contribution in [3.63, 3.8) is 0 Å². The van der Waals surface area contributed by atoms with Gasteiger partial charge < -0.3 is 4.90 Å². The second-order valence-electron chi connectivity index (χ2n) is 5.05. The summed E-state index contributed by atoms with van der Waals surface area (Å²) in [5, 5.41) is 0. The van der Waals surface area contributed by atoms with E-state index in [1.807, 2.05) is 45.2 Å². The molecule has 20 heavy (non-hydrogen) atoms. The second-order valence-corrected chi connectivity index (χ2v) is 5.32. The zero-order valence-electron chi connectivity index (χ0n) is 12.0. The average molecular weight is 292 g/mol. The van der Waals surface area contributed by atoms with Crippen LogP contribution in [-0.2, 0) is 5.88 Å². The SMILES string of the molecule is Cc1cc(N(C)C(C)c2ccccc2F)ccc1CCl. The van der Waals surface area contributed by atoms with Crippen LogP contribution in [0.2, 0.25) is 0 Å². The van der Waals surface area contributed by atoms with Crippen molar-refractivity contribution in [3.8, 4) is 0 Å². The molecule has 0 spiro atoms. The molecule has 0 saturated carbocycles. The van der Waals surface area contributed by atoms with Crippen molar-refractivity contribution in [2.75, 3.05) is 11.9 Å². The first-order valence-electron chi connectivity index (χ1n) is 6.67. The Balaban J connectivity index is 2.29. The summed E-state index contributed by atoms with van der Waals surface area (Å²) < 4.78 is 13.9. The number of hydrogen-bond acceptors (Lipinski definition) is 1. The summed E-state index contributed by atoms with van der Waals surface area (Å²) in [7, 11) is 1.98. The summed E-state index contributed by atoms with van der Waals surface area (Å²) in [5.74, 6) is 0.347. The van der Waals surface area contributed by atoms with Crippen LogP contribution in [-0.4, -0.2) is 7.05 Å². The molecule has 0 fully saturated rings. The van der Waals surface area contributed by atoms with Crippen LogP contribution in [0.5, 0.6) is 0 Å². The number of benzene rings is 2. The van der Waals surface area contributed by atoms with E-state index in [4.69, 9.17) is 11.6 Å². The molecule has 2 rings (SSSR count). The molecule has 0 bridgehead atoms. The number of aryl methyl sites for hydroxylation is 1. The van der Waals surface area contributed by atoms with Gasteiger partial charge in [-0.15, -0.1) is 11.6 Å². The Labute approximate surface area is 125 Å². The van der Waals surface area contributed by atoms with Gasteiger partial charge in [0.15, 0.2) is 0 Å². The number of halogens is 2. The predicted molar refractivity (Wildman–Crippen MR) is 84.0 cm³/mol. The van der Waals surface area contributed by atoms with Crippen LogP contribution < -0.4 is 4.90 Å². The molecule has 3 heteroatoms. The van der Waals surface area contributed by atoms with Crippen molar-refractivity contribution >= 4 is 17.3 Å². The van der Waals surface area contributed by atoms with E-state index in [0.29, 0.717) is 11.4 Å². The molecule has 2 aromatic rings. The second kappa shape index (κ2) is 6.27. The fourth-order valence-electron chi connectivity index (χ4n) is 2.30. The molecule has 2 aromatic carbocycles. The van der Waals surface area contributed by atoms with Gasteiger partial charge in [-0.1, -0.05) is 24.3 Å². The summed E-state index contributed by atoms with van der Waals surface area (Å²) in [6.07, 6.45) is 0. The van der Waals surface area contributed by atoms with Crippen LogP contribution in [0.25, 0.3) is 0 Å². The van der Waals surface area contributed by atoms with Crippen molar-refractivity contribution in [2.45, 2.75) is 25.8 Å². The van der Waals surface area contributed by atoms with E-state index in [2.05, 4.69) is 11.0 Å². The summed E-state index contributed by atoms with van der Waals surface area (Å²) in [6, 6.07) is 13.0. The predicted octanol–water partition coefficient (Wildman–Crippen LogP) is 5.07. The fraction of sp³-hybridized carbons (Fsp3) is 0.294. The van der Waals surface area contributed by atoms with Crippen LogP contribution >= 0.6 is 11.6 Å². The number of hydrogen-bond donors (Lipinski definition) is 0. The summed E-state index contributed by atoms with van der Waals surface area (Å²) >= 11 is 5.88. The number of alkyl halides is 1. The molecule has 0 N–H and O–H groups in total. The van der Waals surface area contributed by atoms with Crippen LogP contribution in [0, 0.1) is 12.7 Å². The fourth-order valence-corrected chi connectivity index (χ4v) is 2.60. The van der Waals surface area contributed by atoms with Crippen molar-refractivity contribution in [1.29, 1.82) is 0 Å². The average Bonchev–Trinajstić information content (AvgIpc) is 2.46. The third kappa shape index (κ3) is 2.96. The number of nitrogens with zero attached hydrogens (tertiary/aromatic N) is 1. The molecule has 0 aliphatic rings. The number of rotatable bonds is 4. The Morgan fingerprint density at radius 2 is 1.90 bits per heavy atom. The van der Waals surface area contributed by atoms with E-state index in [-0.39, 0.29) is 11.9 Å². The maximum absolute atomic E-state index is 13.9. The van der Waals surface area contributed by atoms with Gasteiger partial charge in [0.2, 0.25) is 0 Å². The molecule has 0 aliphatic heterocycles. The number of anilines is 1. The van der Waals surface area contributed by atoms with Crippen molar-refractivity contribution in [2.24, 2.45) is 0 Å². The molecule has 1 unspecified atom stereocenters. The van der Waals surface area contributed by atoms with Crippen LogP contribution in [0.4, 0.5) is 10.1 Å². The lowest BCUT2D eigenvalue weighted by Crippen LogP contribution is -2.22. The minimum absolute atomic E-state index is 0.0301. The standard InChI is InChI=1S/C17H19ClFN/c1-12-10-15(9-8-14(12)11-18)20(3)13(2)16-6-4-5-7-17(16)19/h4-10,13H,11H2,1-3H3. The summed E-state index contributed by atoms with van der Waals surface area (Å²) in [5.41, 5.74) is 4.05. The van der Waals surface area contributed by atoms with E-state index >= 15 is 0 Å². The molecule has 0 heterocycles. The van der Waals surface area contributed by atoms with Crippen LogP contribution in [0.3, 0.4) is 0 Å². The summed E-state index contributed by atoms with van der Waals surface area (Å²) in [6.45, 7) is 4.05. The van der Waals surface area contributed by atoms with Gasteiger partial charge in [0, 0.05) is 24.2 Å². The first kappa shape index (κ1) is 14.9. The highest BCUT2D eigenvalue weighted by Gasteiger charge is 2.16. The largest absolute Gasteiger partial charge is 0.368 e. The molecule has 1 nitrogen and oxygen atoms in total. The van der Waals surface area contributed by atoms with E-state index < -0.39 is 0 Å². The van der Waals surface area contributed by atoms with Crippen molar-refractivity contribution in [3.05, 3.63) is 65.0 Å². The van der Waals surface area contributed by atoms with Gasteiger partial charge in [0.05, 0.1) is 6.04 Å². The topological polar surface area (TPSA) is 3.24 Å². The zero-order chi connectivity index (χ0) is 14.7. The van der Waals surface area contributed by atoms with Gasteiger partial charge >= 0.3 is 0 Å². The lowest BCUT2D eigenvalue weighted by molar-refractivity contribution is 0.585. The lowest BCUT2D eigenvalue weighted by Gasteiger charge is -2.28. The van der Waals surface area contributed by atoms with Gasteiger partial charge in [0.25, 0.3) is 0 Å². The molecule has 0 aliphatic carbocycles. The molecule has 106 valence electrons. The highest BCUT2D eigenvalue weighted by Crippen LogP contribution is 2.28. The normalized spacial score (nSPS) is 12.2. The van der Waals surface area contributed by atoms with Gasteiger partial charge in [-0.3, -0.25) is 0 Å². The zero-order valence-corrected chi connectivity index (χ0v) is 12.8. The Hall–Kier alpha value is -1.54. The Kier molecular flexibility index (Phi) is 4.66. The van der Waals surface area contributed by atoms with E-state index in [1.54, 1.807) is 6.07 Å². The highest BCUT2D eigenvalue weighted by atomic mass is 35.5. The van der Waals surface area contributed by atoms with Crippen LogP contribution in [0.1, 0.15) is 29.7 Å². The van der Waals surface area contributed by atoms with Gasteiger partial charge in [0.1, 0.15) is 5.82 Å². The summed E-state index contributed by atoms with van der Waals surface area (Å²) in [4.78, 5) is 2.07. The molecule has 0 aromatic heterocycles. The quantitative estimate of drug-likeness (QED) is 0.711. The minimum Gasteiger partial charge on any atom is -0.368 e. The Morgan fingerprint density at radius 1 is 1.20 bits per heavy atom. The van der Waals surface area contributed by atoms with E-state index in [0.717, 1.165) is 16.8 Å². The molecule has 1 atom stereocenters. The van der Waals surface area contributed by atoms with Crippen molar-refractivity contribution in [1.82, 2.24) is 0 Å². The maximum Gasteiger partial charge on any atom is 0.128 e. The maximum atomic E-state index is 13.9. The molecule has 0 radical (unpaired) electrons. The van der Waals surface area contributed by atoms with Crippen LogP contribution in [0.15, 0.2) is 42.5 Å².